The molecule has 0 radical (unpaired) electrons. The van der Waals surface area contributed by atoms with Crippen molar-refractivity contribution in [3.05, 3.63) is 22.4 Å². The minimum atomic E-state index is -0.901. The highest BCUT2D eigenvalue weighted by Gasteiger charge is 2.35. The summed E-state index contributed by atoms with van der Waals surface area (Å²) in [6.07, 6.45) is 6.39. The lowest BCUT2D eigenvalue weighted by molar-refractivity contribution is -0.143. The van der Waals surface area contributed by atoms with Gasteiger partial charge < -0.3 is 14.6 Å². The molecule has 0 bridgehead atoms. The molecule has 1 N–H and O–H groups in total. The van der Waals surface area contributed by atoms with Crippen LogP contribution in [-0.4, -0.2) is 39.0 Å². The van der Waals surface area contributed by atoms with E-state index in [0.717, 1.165) is 30.2 Å². The third kappa shape index (κ3) is 2.49. The number of halogens is 1. The molecule has 0 aromatic carbocycles. The Morgan fingerprint density at radius 2 is 2.00 bits per heavy atom. The molecular weight excluding hydrogens is 324 g/mol. The fourth-order valence-corrected chi connectivity index (χ4v) is 3.29. The fraction of sp³-hybridized carbons (Fsp3) is 0.571. The van der Waals surface area contributed by atoms with Crippen LogP contribution in [0.4, 0.5) is 0 Å². The van der Waals surface area contributed by atoms with Gasteiger partial charge in [0, 0.05) is 23.3 Å². The van der Waals surface area contributed by atoms with E-state index in [4.69, 9.17) is 0 Å². The van der Waals surface area contributed by atoms with E-state index in [9.17, 15) is 14.7 Å². The number of likely N-dealkylation sites (tertiary alicyclic amines) is 1. The molecule has 2 fully saturated rings. The highest BCUT2D eigenvalue weighted by atomic mass is 79.9. The summed E-state index contributed by atoms with van der Waals surface area (Å²) in [6.45, 7) is 0.531. The standard InChI is InChI=1S/C14H17BrN2O3/c15-9-7-12(17(8-9)10-4-5-10)13(18)16-6-2-1-3-11(16)14(19)20/h7-8,10-11H,1-6H2,(H,19,20). The summed E-state index contributed by atoms with van der Waals surface area (Å²) in [5.41, 5.74) is 0.604. The van der Waals surface area contributed by atoms with Gasteiger partial charge in [-0.1, -0.05) is 0 Å². The number of carboxylic acid groups (broad SMARTS) is 1. The van der Waals surface area contributed by atoms with Gasteiger partial charge in [0.25, 0.3) is 5.91 Å². The van der Waals surface area contributed by atoms with Crippen LogP contribution in [0, 0.1) is 0 Å². The number of carboxylic acids is 1. The maximum Gasteiger partial charge on any atom is 0.326 e. The molecule has 2 aliphatic rings. The predicted octanol–water partition coefficient (Wildman–Crippen LogP) is 2.66. The zero-order chi connectivity index (χ0) is 14.3. The Labute approximate surface area is 125 Å². The predicted molar refractivity (Wildman–Crippen MR) is 76.7 cm³/mol. The molecule has 20 heavy (non-hydrogen) atoms. The SMILES string of the molecule is O=C(O)C1CCCCN1C(=O)c1cc(Br)cn1C1CC1. The second-order valence-corrected chi connectivity index (χ2v) is 6.45. The van der Waals surface area contributed by atoms with Crippen molar-refractivity contribution in [1.82, 2.24) is 9.47 Å². The molecule has 3 rings (SSSR count). The van der Waals surface area contributed by atoms with Crippen LogP contribution < -0.4 is 0 Å². The fourth-order valence-electron chi connectivity index (χ4n) is 2.85. The summed E-state index contributed by atoms with van der Waals surface area (Å²) >= 11 is 3.41. The molecule has 1 amide bonds. The summed E-state index contributed by atoms with van der Waals surface area (Å²) in [5.74, 6) is -1.06. The lowest BCUT2D eigenvalue weighted by atomic mass is 10.0. The molecule has 1 aromatic rings. The van der Waals surface area contributed by atoms with Crippen LogP contribution in [0.1, 0.15) is 48.6 Å². The van der Waals surface area contributed by atoms with Crippen molar-refractivity contribution < 1.29 is 14.7 Å². The third-order valence-electron chi connectivity index (χ3n) is 4.02. The van der Waals surface area contributed by atoms with Gasteiger partial charge in [-0.05, 0) is 54.1 Å². The molecule has 5 nitrogen and oxygen atoms in total. The average molecular weight is 341 g/mol. The topological polar surface area (TPSA) is 62.5 Å². The van der Waals surface area contributed by atoms with E-state index in [1.807, 2.05) is 10.8 Å². The van der Waals surface area contributed by atoms with E-state index in [0.29, 0.717) is 24.7 Å². The number of hydrogen-bond donors (Lipinski definition) is 1. The largest absolute Gasteiger partial charge is 0.480 e. The Morgan fingerprint density at radius 1 is 1.25 bits per heavy atom. The van der Waals surface area contributed by atoms with Gasteiger partial charge in [0.15, 0.2) is 0 Å². The minimum absolute atomic E-state index is 0.158. The van der Waals surface area contributed by atoms with Gasteiger partial charge in [-0.25, -0.2) is 4.79 Å². The molecule has 1 aromatic heterocycles. The first-order valence-electron chi connectivity index (χ1n) is 6.99. The maximum absolute atomic E-state index is 12.7. The van der Waals surface area contributed by atoms with E-state index < -0.39 is 12.0 Å². The zero-order valence-electron chi connectivity index (χ0n) is 11.1. The normalized spacial score (nSPS) is 22.9. The van der Waals surface area contributed by atoms with Crippen LogP contribution in [0.2, 0.25) is 0 Å². The van der Waals surface area contributed by atoms with Crippen molar-refractivity contribution in [3.8, 4) is 0 Å². The van der Waals surface area contributed by atoms with Gasteiger partial charge in [-0.15, -0.1) is 0 Å². The van der Waals surface area contributed by atoms with E-state index in [1.54, 1.807) is 6.07 Å². The highest BCUT2D eigenvalue weighted by molar-refractivity contribution is 9.10. The first-order valence-corrected chi connectivity index (χ1v) is 7.78. The summed E-state index contributed by atoms with van der Waals surface area (Å²) in [7, 11) is 0. The Morgan fingerprint density at radius 3 is 2.65 bits per heavy atom. The molecular formula is C14H17BrN2O3. The van der Waals surface area contributed by atoms with Crippen LogP contribution in [0.25, 0.3) is 0 Å². The number of nitrogens with zero attached hydrogens (tertiary/aromatic N) is 2. The van der Waals surface area contributed by atoms with Crippen molar-refractivity contribution in [1.29, 1.82) is 0 Å². The summed E-state index contributed by atoms with van der Waals surface area (Å²) in [4.78, 5) is 25.5. The molecule has 108 valence electrons. The smallest absolute Gasteiger partial charge is 0.326 e. The van der Waals surface area contributed by atoms with Crippen LogP contribution in [-0.2, 0) is 4.79 Å². The van der Waals surface area contributed by atoms with E-state index in [-0.39, 0.29) is 5.91 Å². The van der Waals surface area contributed by atoms with Crippen LogP contribution >= 0.6 is 15.9 Å². The van der Waals surface area contributed by atoms with Gasteiger partial charge in [-0.2, -0.15) is 0 Å². The van der Waals surface area contributed by atoms with Crippen molar-refractivity contribution in [2.24, 2.45) is 0 Å². The second-order valence-electron chi connectivity index (χ2n) is 5.53. The second kappa shape index (κ2) is 5.24. The molecule has 1 saturated carbocycles. The molecule has 6 heteroatoms. The van der Waals surface area contributed by atoms with Gasteiger partial charge in [-0.3, -0.25) is 4.79 Å². The number of amides is 1. The van der Waals surface area contributed by atoms with Gasteiger partial charge in [0.1, 0.15) is 11.7 Å². The van der Waals surface area contributed by atoms with E-state index in [2.05, 4.69) is 15.9 Å². The monoisotopic (exact) mass is 340 g/mol. The maximum atomic E-state index is 12.7. The Hall–Kier alpha value is -1.30. The minimum Gasteiger partial charge on any atom is -0.480 e. The molecule has 1 unspecified atom stereocenters. The van der Waals surface area contributed by atoms with E-state index >= 15 is 0 Å². The summed E-state index contributed by atoms with van der Waals surface area (Å²) < 4.78 is 2.86. The Balaban J connectivity index is 1.89. The number of piperidine rings is 1. The van der Waals surface area contributed by atoms with Crippen molar-refractivity contribution >= 4 is 27.8 Å². The number of carbonyl (C=O) groups is 2. The van der Waals surface area contributed by atoms with E-state index in [1.165, 1.54) is 4.90 Å². The van der Waals surface area contributed by atoms with Gasteiger partial charge in [0.2, 0.25) is 0 Å². The number of hydrogen-bond acceptors (Lipinski definition) is 2. The summed E-state index contributed by atoms with van der Waals surface area (Å²) in [6, 6.07) is 1.51. The first-order chi connectivity index (χ1) is 9.58. The van der Waals surface area contributed by atoms with Gasteiger partial charge in [0.05, 0.1) is 0 Å². The van der Waals surface area contributed by atoms with Crippen LogP contribution in [0.3, 0.4) is 0 Å². The summed E-state index contributed by atoms with van der Waals surface area (Å²) in [5, 5.41) is 9.29. The van der Waals surface area contributed by atoms with Gasteiger partial charge >= 0.3 is 5.97 Å². The highest BCUT2D eigenvalue weighted by Crippen LogP contribution is 2.38. The van der Waals surface area contributed by atoms with Crippen LogP contribution in [0.5, 0.6) is 0 Å². The molecule has 1 aliphatic heterocycles. The molecule has 1 aliphatic carbocycles. The number of rotatable bonds is 3. The quantitative estimate of drug-likeness (QED) is 0.919. The zero-order valence-corrected chi connectivity index (χ0v) is 12.7. The third-order valence-corrected chi connectivity index (χ3v) is 4.46. The van der Waals surface area contributed by atoms with Crippen molar-refractivity contribution in [2.45, 2.75) is 44.2 Å². The Kier molecular flexibility index (Phi) is 3.58. The van der Waals surface area contributed by atoms with Crippen molar-refractivity contribution in [3.63, 3.8) is 0 Å². The molecule has 0 spiro atoms. The average Bonchev–Trinajstić information content (AvgIpc) is 3.21. The Bertz CT molecular complexity index is 551. The lowest BCUT2D eigenvalue weighted by Crippen LogP contribution is -2.48. The first kappa shape index (κ1) is 13.7. The molecule has 2 heterocycles. The number of carbonyl (C=O) groups excluding carboxylic acids is 1. The molecule has 1 atom stereocenters. The van der Waals surface area contributed by atoms with Crippen molar-refractivity contribution in [2.75, 3.05) is 6.54 Å². The number of aromatic nitrogens is 1. The van der Waals surface area contributed by atoms with Crippen LogP contribution in [0.15, 0.2) is 16.7 Å². The number of aliphatic carboxylic acids is 1. The lowest BCUT2D eigenvalue weighted by Gasteiger charge is -2.33. The molecule has 1 saturated heterocycles.